The third-order valence-electron chi connectivity index (χ3n) is 5.03. The monoisotopic (exact) mass is 437 g/mol. The normalized spacial score (nSPS) is 11.0. The third kappa shape index (κ3) is 3.76. The zero-order valence-electron chi connectivity index (χ0n) is 16.8. The van der Waals surface area contributed by atoms with Crippen molar-refractivity contribution < 1.29 is 18.1 Å². The molecular weight excluding hydrogens is 420 g/mol. The van der Waals surface area contributed by atoms with Crippen molar-refractivity contribution in [1.82, 2.24) is 0 Å². The molecule has 2 N–H and O–H groups in total. The zero-order chi connectivity index (χ0) is 23.0. The van der Waals surface area contributed by atoms with Gasteiger partial charge in [0.15, 0.2) is 5.43 Å². The summed E-state index contributed by atoms with van der Waals surface area (Å²) in [5.74, 6) is -1.96. The maximum Gasteiger partial charge on any atom is 0.334 e. The van der Waals surface area contributed by atoms with E-state index in [-0.39, 0.29) is 40.2 Å². The van der Waals surface area contributed by atoms with Crippen LogP contribution in [0, 0.1) is 21.7 Å². The van der Waals surface area contributed by atoms with Crippen molar-refractivity contribution in [1.29, 1.82) is 0 Å². The number of nitrogen functional groups attached to an aromatic ring is 1. The highest BCUT2D eigenvalue weighted by atomic mass is 19.1. The van der Waals surface area contributed by atoms with Crippen molar-refractivity contribution in [2.45, 2.75) is 6.54 Å². The van der Waals surface area contributed by atoms with E-state index in [1.165, 1.54) is 17.0 Å². The van der Waals surface area contributed by atoms with E-state index in [2.05, 4.69) is 0 Å². The predicted octanol–water partition coefficient (Wildman–Crippen LogP) is 4.87. The Morgan fingerprint density at radius 1 is 1.06 bits per heavy atom. The fourth-order valence-corrected chi connectivity index (χ4v) is 3.56. The maximum absolute atomic E-state index is 14.9. The number of nitro groups is 1. The van der Waals surface area contributed by atoms with Gasteiger partial charge in [-0.2, -0.15) is 0 Å². The number of nitrogens with two attached hydrogens (primary N) is 1. The van der Waals surface area contributed by atoms with E-state index in [4.69, 9.17) is 10.2 Å². The highest BCUT2D eigenvalue weighted by molar-refractivity contribution is 5.92. The van der Waals surface area contributed by atoms with Crippen LogP contribution in [0.1, 0.15) is 5.56 Å². The smallest absolute Gasteiger partial charge is 0.334 e. The Labute approximate surface area is 180 Å². The standard InChI is InChI=1S/C23H17F2N3O4/c1-27(12-13-5-3-2-4-6-13)21-16(24)9-14(10-17(21)25)20-11-19(29)15-7-8-18(26)22(28(30)31)23(15)32-20/h2-11H,12,26H2,1H3. The lowest BCUT2D eigenvalue weighted by molar-refractivity contribution is -0.382. The number of nitrogens with zero attached hydrogens (tertiary/aromatic N) is 2. The van der Waals surface area contributed by atoms with Crippen LogP contribution in [0.3, 0.4) is 0 Å². The van der Waals surface area contributed by atoms with E-state index < -0.39 is 27.7 Å². The van der Waals surface area contributed by atoms with Gasteiger partial charge in [0, 0.05) is 25.2 Å². The van der Waals surface area contributed by atoms with Gasteiger partial charge >= 0.3 is 5.69 Å². The van der Waals surface area contributed by atoms with E-state index in [0.29, 0.717) is 0 Å². The van der Waals surface area contributed by atoms with Gasteiger partial charge in [-0.05, 0) is 29.8 Å². The van der Waals surface area contributed by atoms with Gasteiger partial charge in [0.2, 0.25) is 5.58 Å². The van der Waals surface area contributed by atoms with Crippen molar-refractivity contribution in [3.8, 4) is 11.3 Å². The minimum atomic E-state index is -0.872. The van der Waals surface area contributed by atoms with Gasteiger partial charge in [0.05, 0.1) is 10.3 Å². The molecule has 1 heterocycles. The van der Waals surface area contributed by atoms with Crippen LogP contribution in [0.5, 0.6) is 0 Å². The van der Waals surface area contributed by atoms with Gasteiger partial charge in [-0.1, -0.05) is 30.3 Å². The summed E-state index contributed by atoms with van der Waals surface area (Å²) in [7, 11) is 1.55. The average Bonchev–Trinajstić information content (AvgIpc) is 2.73. The minimum absolute atomic E-state index is 0.0604. The van der Waals surface area contributed by atoms with Crippen LogP contribution in [0.2, 0.25) is 0 Å². The van der Waals surface area contributed by atoms with Crippen LogP contribution >= 0.6 is 0 Å². The second-order valence-corrected chi connectivity index (χ2v) is 7.24. The molecular formula is C23H17F2N3O4. The molecule has 3 aromatic carbocycles. The number of nitro benzene ring substituents is 1. The predicted molar refractivity (Wildman–Crippen MR) is 117 cm³/mol. The Morgan fingerprint density at radius 3 is 2.34 bits per heavy atom. The Kier molecular flexibility index (Phi) is 5.31. The molecule has 7 nitrogen and oxygen atoms in total. The van der Waals surface area contributed by atoms with Crippen LogP contribution in [0.4, 0.5) is 25.8 Å². The second-order valence-electron chi connectivity index (χ2n) is 7.24. The molecule has 1 aromatic heterocycles. The third-order valence-corrected chi connectivity index (χ3v) is 5.03. The number of halogens is 2. The van der Waals surface area contributed by atoms with Crippen molar-refractivity contribution >= 4 is 28.0 Å². The highest BCUT2D eigenvalue weighted by Crippen LogP contribution is 2.35. The lowest BCUT2D eigenvalue weighted by Crippen LogP contribution is -2.19. The fraction of sp³-hybridized carbons (Fsp3) is 0.0870. The SMILES string of the molecule is CN(Cc1ccccc1)c1c(F)cc(-c2cc(=O)c3ccc(N)c([N+](=O)[O-])c3o2)cc1F. The molecule has 0 saturated heterocycles. The second kappa shape index (κ2) is 8.10. The van der Waals surface area contributed by atoms with Crippen LogP contribution in [0.25, 0.3) is 22.3 Å². The van der Waals surface area contributed by atoms with E-state index in [1.807, 2.05) is 30.3 Å². The summed E-state index contributed by atoms with van der Waals surface area (Å²) in [6.45, 7) is 0.268. The van der Waals surface area contributed by atoms with E-state index in [0.717, 1.165) is 23.8 Å². The Bertz CT molecular complexity index is 1380. The molecule has 0 radical (unpaired) electrons. The first kappa shape index (κ1) is 21.0. The molecule has 0 aliphatic carbocycles. The fourth-order valence-electron chi connectivity index (χ4n) is 3.56. The topological polar surface area (TPSA) is 103 Å². The van der Waals surface area contributed by atoms with Gasteiger partial charge in [-0.15, -0.1) is 0 Å². The summed E-state index contributed by atoms with van der Waals surface area (Å²) >= 11 is 0. The molecule has 0 aliphatic rings. The van der Waals surface area contributed by atoms with Crippen molar-refractivity contribution in [2.24, 2.45) is 0 Å². The van der Waals surface area contributed by atoms with E-state index in [9.17, 15) is 23.7 Å². The lowest BCUT2D eigenvalue weighted by atomic mass is 10.1. The number of rotatable bonds is 5. The molecule has 0 saturated carbocycles. The van der Waals surface area contributed by atoms with E-state index in [1.54, 1.807) is 7.05 Å². The number of hydrogen-bond acceptors (Lipinski definition) is 6. The number of hydrogen-bond donors (Lipinski definition) is 1. The van der Waals surface area contributed by atoms with E-state index >= 15 is 0 Å². The average molecular weight is 437 g/mol. The summed E-state index contributed by atoms with van der Waals surface area (Å²) in [5, 5.41) is 11.4. The molecule has 162 valence electrons. The molecule has 0 spiro atoms. The summed E-state index contributed by atoms with van der Waals surface area (Å²) in [6.07, 6.45) is 0. The molecule has 0 bridgehead atoms. The summed E-state index contributed by atoms with van der Waals surface area (Å²) < 4.78 is 35.4. The zero-order valence-corrected chi connectivity index (χ0v) is 16.8. The van der Waals surface area contributed by atoms with Crippen LogP contribution in [-0.4, -0.2) is 12.0 Å². The summed E-state index contributed by atoms with van der Waals surface area (Å²) in [5.41, 5.74) is 4.46. The molecule has 4 aromatic rings. The molecule has 0 amide bonds. The quantitative estimate of drug-likeness (QED) is 0.272. The highest BCUT2D eigenvalue weighted by Gasteiger charge is 2.23. The minimum Gasteiger partial charge on any atom is -0.448 e. The van der Waals surface area contributed by atoms with Crippen LogP contribution < -0.4 is 16.1 Å². The van der Waals surface area contributed by atoms with Gasteiger partial charge in [0.1, 0.15) is 28.8 Å². The number of anilines is 2. The summed E-state index contributed by atoms with van der Waals surface area (Å²) in [4.78, 5) is 24.6. The molecule has 0 aliphatic heterocycles. The number of fused-ring (bicyclic) bond motifs is 1. The molecule has 0 fully saturated rings. The first-order chi connectivity index (χ1) is 15.3. The summed E-state index contributed by atoms with van der Waals surface area (Å²) in [6, 6.07) is 14.8. The van der Waals surface area contributed by atoms with Gasteiger partial charge in [-0.25, -0.2) is 8.78 Å². The van der Waals surface area contributed by atoms with Gasteiger partial charge in [0.25, 0.3) is 0 Å². The van der Waals surface area contributed by atoms with Crippen molar-refractivity contribution in [3.63, 3.8) is 0 Å². The Morgan fingerprint density at radius 2 is 1.72 bits per heavy atom. The largest absolute Gasteiger partial charge is 0.448 e. The maximum atomic E-state index is 14.9. The number of benzene rings is 3. The first-order valence-corrected chi connectivity index (χ1v) is 9.51. The lowest BCUT2D eigenvalue weighted by Gasteiger charge is -2.21. The molecule has 4 rings (SSSR count). The first-order valence-electron chi connectivity index (χ1n) is 9.51. The molecule has 9 heteroatoms. The Balaban J connectivity index is 1.80. The van der Waals surface area contributed by atoms with Crippen molar-refractivity contribution in [3.05, 3.63) is 98.2 Å². The molecule has 0 unspecified atom stereocenters. The van der Waals surface area contributed by atoms with Gasteiger partial charge < -0.3 is 15.1 Å². The van der Waals surface area contributed by atoms with Crippen LogP contribution in [0.15, 0.2) is 69.9 Å². The molecule has 32 heavy (non-hydrogen) atoms. The van der Waals surface area contributed by atoms with Gasteiger partial charge in [-0.3, -0.25) is 14.9 Å². The van der Waals surface area contributed by atoms with Crippen molar-refractivity contribution in [2.75, 3.05) is 17.7 Å². The van der Waals surface area contributed by atoms with Crippen LogP contribution in [-0.2, 0) is 6.54 Å². The Hall–Kier alpha value is -4.27. The molecule has 0 atom stereocenters.